The number of pyridine rings is 1. The molecule has 24 heavy (non-hydrogen) atoms. The third kappa shape index (κ3) is 3.52. The zero-order valence-corrected chi connectivity index (χ0v) is 13.2. The van der Waals surface area contributed by atoms with Crippen LogP contribution < -0.4 is 15.6 Å². The van der Waals surface area contributed by atoms with Crippen LogP contribution in [0.25, 0.3) is 10.8 Å². The number of H-pyrrole nitrogens is 1. The predicted octanol–water partition coefficient (Wildman–Crippen LogP) is 1.78. The summed E-state index contributed by atoms with van der Waals surface area (Å²) >= 11 is 5.73. The van der Waals surface area contributed by atoms with E-state index in [-0.39, 0.29) is 24.4 Å². The number of hydrogen-bond acceptors (Lipinski definition) is 5. The van der Waals surface area contributed by atoms with Crippen LogP contribution in [-0.2, 0) is 0 Å². The average molecular weight is 345 g/mol. The minimum absolute atomic E-state index is 0.162. The lowest BCUT2D eigenvalue weighted by Gasteiger charge is -2.08. The Balaban J connectivity index is 1.62. The van der Waals surface area contributed by atoms with Gasteiger partial charge in [-0.1, -0.05) is 29.8 Å². The molecule has 3 rings (SSSR count). The SMILES string of the molecule is O=C(NCCOc1ccc(Cl)cn1)c1n[nH]c(=O)c2ccccc12. The van der Waals surface area contributed by atoms with E-state index >= 15 is 0 Å². The highest BCUT2D eigenvalue weighted by molar-refractivity contribution is 6.30. The molecule has 1 aromatic carbocycles. The van der Waals surface area contributed by atoms with Crippen molar-refractivity contribution in [2.45, 2.75) is 0 Å². The van der Waals surface area contributed by atoms with Gasteiger partial charge in [-0.2, -0.15) is 5.10 Å². The minimum Gasteiger partial charge on any atom is -0.476 e. The molecule has 122 valence electrons. The first-order valence-corrected chi connectivity index (χ1v) is 7.53. The van der Waals surface area contributed by atoms with Crippen molar-refractivity contribution in [3.8, 4) is 5.88 Å². The predicted molar refractivity (Wildman–Crippen MR) is 89.4 cm³/mol. The first-order chi connectivity index (χ1) is 11.6. The van der Waals surface area contributed by atoms with Crippen LogP contribution in [0.15, 0.2) is 47.4 Å². The Labute approximate surface area is 141 Å². The molecule has 8 heteroatoms. The van der Waals surface area contributed by atoms with Crippen molar-refractivity contribution in [1.29, 1.82) is 0 Å². The maximum Gasteiger partial charge on any atom is 0.272 e. The second-order valence-electron chi connectivity index (χ2n) is 4.87. The number of halogens is 1. The molecular weight excluding hydrogens is 332 g/mol. The number of fused-ring (bicyclic) bond motifs is 1. The quantitative estimate of drug-likeness (QED) is 0.688. The van der Waals surface area contributed by atoms with Gasteiger partial charge in [0.15, 0.2) is 5.69 Å². The second-order valence-corrected chi connectivity index (χ2v) is 5.30. The highest BCUT2D eigenvalue weighted by atomic mass is 35.5. The van der Waals surface area contributed by atoms with E-state index in [0.29, 0.717) is 21.7 Å². The van der Waals surface area contributed by atoms with E-state index in [1.165, 1.54) is 6.20 Å². The molecule has 0 spiro atoms. The van der Waals surface area contributed by atoms with E-state index < -0.39 is 5.91 Å². The molecule has 0 saturated carbocycles. The number of aromatic amines is 1. The Morgan fingerprint density at radius 2 is 2.00 bits per heavy atom. The van der Waals surface area contributed by atoms with Gasteiger partial charge in [0.05, 0.1) is 17.0 Å². The zero-order chi connectivity index (χ0) is 16.9. The number of hydrogen-bond donors (Lipinski definition) is 2. The maximum absolute atomic E-state index is 12.2. The molecular formula is C16H13ClN4O3. The van der Waals surface area contributed by atoms with Gasteiger partial charge in [0.2, 0.25) is 5.88 Å². The summed E-state index contributed by atoms with van der Waals surface area (Å²) < 4.78 is 5.39. The van der Waals surface area contributed by atoms with Crippen LogP contribution in [0.3, 0.4) is 0 Å². The largest absolute Gasteiger partial charge is 0.476 e. The van der Waals surface area contributed by atoms with Crippen LogP contribution >= 0.6 is 11.6 Å². The Hall–Kier alpha value is -2.93. The minimum atomic E-state index is -0.393. The number of nitrogens with zero attached hydrogens (tertiary/aromatic N) is 2. The van der Waals surface area contributed by atoms with Crippen LogP contribution in [0.4, 0.5) is 0 Å². The molecule has 0 atom stereocenters. The lowest BCUT2D eigenvalue weighted by atomic mass is 10.1. The molecule has 7 nitrogen and oxygen atoms in total. The monoisotopic (exact) mass is 344 g/mol. The van der Waals surface area contributed by atoms with Crippen molar-refractivity contribution < 1.29 is 9.53 Å². The summed E-state index contributed by atoms with van der Waals surface area (Å²) in [5.74, 6) is 0.0244. The molecule has 3 aromatic rings. The van der Waals surface area contributed by atoms with Crippen LogP contribution in [0.2, 0.25) is 5.02 Å². The Kier molecular flexibility index (Phi) is 4.72. The van der Waals surface area contributed by atoms with Crippen molar-refractivity contribution in [2.24, 2.45) is 0 Å². The summed E-state index contributed by atoms with van der Waals surface area (Å²) in [5, 5.41) is 10.3. The summed E-state index contributed by atoms with van der Waals surface area (Å²) in [4.78, 5) is 27.9. The van der Waals surface area contributed by atoms with E-state index in [2.05, 4.69) is 20.5 Å². The number of ether oxygens (including phenoxy) is 1. The van der Waals surface area contributed by atoms with Crippen molar-refractivity contribution >= 4 is 28.3 Å². The fourth-order valence-electron chi connectivity index (χ4n) is 2.14. The van der Waals surface area contributed by atoms with Crippen molar-refractivity contribution in [1.82, 2.24) is 20.5 Å². The summed E-state index contributed by atoms with van der Waals surface area (Å²) in [6.07, 6.45) is 1.48. The lowest BCUT2D eigenvalue weighted by molar-refractivity contribution is 0.0942. The lowest BCUT2D eigenvalue weighted by Crippen LogP contribution is -2.30. The van der Waals surface area contributed by atoms with Crippen molar-refractivity contribution in [2.75, 3.05) is 13.2 Å². The molecule has 0 aliphatic rings. The van der Waals surface area contributed by atoms with Gasteiger partial charge in [0, 0.05) is 17.6 Å². The first-order valence-electron chi connectivity index (χ1n) is 7.15. The molecule has 0 fully saturated rings. The normalized spacial score (nSPS) is 10.5. The zero-order valence-electron chi connectivity index (χ0n) is 12.5. The molecule has 2 heterocycles. The summed E-state index contributed by atoms with van der Waals surface area (Å²) in [5.41, 5.74) is -0.172. The molecule has 1 amide bonds. The molecule has 0 aliphatic carbocycles. The van der Waals surface area contributed by atoms with E-state index in [1.807, 2.05) is 0 Å². The standard InChI is InChI=1S/C16H13ClN4O3/c17-10-5-6-13(19-9-10)24-8-7-18-16(23)14-11-3-1-2-4-12(11)15(22)21-20-14/h1-6,9H,7-8H2,(H,18,23)(H,21,22). The van der Waals surface area contributed by atoms with Gasteiger partial charge in [0.25, 0.3) is 11.5 Å². The number of benzene rings is 1. The van der Waals surface area contributed by atoms with Crippen molar-refractivity contribution in [3.63, 3.8) is 0 Å². The summed E-state index contributed by atoms with van der Waals surface area (Å²) in [7, 11) is 0. The van der Waals surface area contributed by atoms with Gasteiger partial charge in [0.1, 0.15) is 6.61 Å². The van der Waals surface area contributed by atoms with E-state index in [9.17, 15) is 9.59 Å². The van der Waals surface area contributed by atoms with Gasteiger partial charge >= 0.3 is 0 Å². The van der Waals surface area contributed by atoms with E-state index in [0.717, 1.165) is 0 Å². The number of carbonyl (C=O) groups excluding carboxylic acids is 1. The summed E-state index contributed by atoms with van der Waals surface area (Å²) in [6.45, 7) is 0.500. The van der Waals surface area contributed by atoms with Crippen LogP contribution in [0.1, 0.15) is 10.5 Å². The second kappa shape index (κ2) is 7.10. The molecule has 2 N–H and O–H groups in total. The Morgan fingerprint density at radius 1 is 1.21 bits per heavy atom. The Bertz CT molecular complexity index is 925. The summed E-state index contributed by atoms with van der Waals surface area (Å²) in [6, 6.07) is 10.1. The average Bonchev–Trinajstić information content (AvgIpc) is 2.60. The van der Waals surface area contributed by atoms with Gasteiger partial charge in [-0.25, -0.2) is 10.1 Å². The topological polar surface area (TPSA) is 97.0 Å². The van der Waals surface area contributed by atoms with Gasteiger partial charge in [-0.05, 0) is 12.1 Å². The molecule has 0 radical (unpaired) electrons. The van der Waals surface area contributed by atoms with Gasteiger partial charge in [-0.3, -0.25) is 9.59 Å². The number of nitrogens with one attached hydrogen (secondary N) is 2. The number of rotatable bonds is 5. The third-order valence-electron chi connectivity index (χ3n) is 3.25. The highest BCUT2D eigenvalue weighted by Gasteiger charge is 2.13. The third-order valence-corrected chi connectivity index (χ3v) is 3.47. The highest BCUT2D eigenvalue weighted by Crippen LogP contribution is 2.12. The molecule has 0 unspecified atom stereocenters. The molecule has 2 aromatic heterocycles. The molecule has 0 bridgehead atoms. The Morgan fingerprint density at radius 3 is 2.75 bits per heavy atom. The van der Waals surface area contributed by atoms with Gasteiger partial charge in [-0.15, -0.1) is 0 Å². The van der Waals surface area contributed by atoms with E-state index in [4.69, 9.17) is 16.3 Å². The molecule has 0 aliphatic heterocycles. The van der Waals surface area contributed by atoms with Crippen LogP contribution in [0, 0.1) is 0 Å². The fourth-order valence-corrected chi connectivity index (χ4v) is 2.25. The van der Waals surface area contributed by atoms with Crippen molar-refractivity contribution in [3.05, 3.63) is 63.7 Å². The number of amides is 1. The smallest absolute Gasteiger partial charge is 0.272 e. The number of aromatic nitrogens is 3. The van der Waals surface area contributed by atoms with E-state index in [1.54, 1.807) is 36.4 Å². The van der Waals surface area contributed by atoms with Gasteiger partial charge < -0.3 is 10.1 Å². The van der Waals surface area contributed by atoms with Crippen LogP contribution in [-0.4, -0.2) is 34.2 Å². The molecule has 0 saturated heterocycles. The number of carbonyl (C=O) groups is 1. The fraction of sp³-hybridized carbons (Fsp3) is 0.125. The first kappa shape index (κ1) is 15.9. The maximum atomic E-state index is 12.2. The van der Waals surface area contributed by atoms with Crippen LogP contribution in [0.5, 0.6) is 5.88 Å².